The van der Waals surface area contributed by atoms with E-state index >= 15 is 0 Å². The van der Waals surface area contributed by atoms with Crippen molar-refractivity contribution in [2.24, 2.45) is 0 Å². The van der Waals surface area contributed by atoms with Crippen LogP contribution in [0.5, 0.6) is 5.75 Å². The molecule has 0 spiro atoms. The summed E-state index contributed by atoms with van der Waals surface area (Å²) >= 11 is 0. The predicted octanol–water partition coefficient (Wildman–Crippen LogP) is 5.67. The van der Waals surface area contributed by atoms with Crippen LogP contribution in [-0.2, 0) is 12.8 Å². The van der Waals surface area contributed by atoms with E-state index < -0.39 is 11.7 Å². The van der Waals surface area contributed by atoms with E-state index in [0.29, 0.717) is 0 Å². The number of ether oxygens (including phenoxy) is 1. The maximum atomic E-state index is 13.0. The summed E-state index contributed by atoms with van der Waals surface area (Å²) in [5.74, 6) is 0.283. The fraction of sp³-hybridized carbons (Fsp3) is 0.211. The molecule has 0 unspecified atom stereocenters. The minimum absolute atomic E-state index is 0.242. The minimum atomic E-state index is -4.38. The summed E-state index contributed by atoms with van der Waals surface area (Å²) in [6, 6.07) is 13.1. The largest absolute Gasteiger partial charge is 0.488 e. The Balaban J connectivity index is 1.90. The lowest BCUT2D eigenvalue weighted by Crippen LogP contribution is -2.06. The highest BCUT2D eigenvalue weighted by Crippen LogP contribution is 2.38. The molecule has 0 amide bonds. The molecule has 0 fully saturated rings. The first kappa shape index (κ1) is 15.7. The Morgan fingerprint density at radius 1 is 1.00 bits per heavy atom. The lowest BCUT2D eigenvalue weighted by molar-refractivity contribution is -0.137. The van der Waals surface area contributed by atoms with E-state index in [2.05, 4.69) is 0 Å². The monoisotopic (exact) mass is 317 g/mol. The van der Waals surface area contributed by atoms with Gasteiger partial charge in [-0.1, -0.05) is 42.5 Å². The number of hydrogen-bond acceptors (Lipinski definition) is 1. The van der Waals surface area contributed by atoms with Crippen LogP contribution in [0.2, 0.25) is 0 Å². The van der Waals surface area contributed by atoms with Crippen LogP contribution in [0.4, 0.5) is 13.2 Å². The quantitative estimate of drug-likeness (QED) is 0.706. The molecule has 0 N–H and O–H groups in total. The van der Waals surface area contributed by atoms with Crippen LogP contribution in [0, 0.1) is 6.42 Å². The smallest absolute Gasteiger partial charge is 0.416 e. The summed E-state index contributed by atoms with van der Waals surface area (Å²) in [7, 11) is 0. The van der Waals surface area contributed by atoms with Crippen LogP contribution < -0.4 is 4.74 Å². The Bertz CT molecular complexity index is 702. The molecule has 1 aliphatic rings. The molecule has 0 aromatic heterocycles. The number of rotatable bonds is 4. The third kappa shape index (κ3) is 3.76. The number of benzene rings is 2. The molecule has 1 aliphatic carbocycles. The zero-order valence-corrected chi connectivity index (χ0v) is 12.4. The van der Waals surface area contributed by atoms with E-state index in [1.54, 1.807) is 0 Å². The average Bonchev–Trinajstić information content (AvgIpc) is 3.07. The Hall–Kier alpha value is -2.23. The highest BCUT2D eigenvalue weighted by Gasteiger charge is 2.31. The van der Waals surface area contributed by atoms with Gasteiger partial charge >= 0.3 is 6.18 Å². The van der Waals surface area contributed by atoms with Crippen LogP contribution in [-0.4, -0.2) is 0 Å². The summed E-state index contributed by atoms with van der Waals surface area (Å²) < 4.78 is 44.6. The third-order valence-corrected chi connectivity index (χ3v) is 3.79. The van der Waals surface area contributed by atoms with Gasteiger partial charge in [-0.15, -0.1) is 0 Å². The SMILES string of the molecule is FC(F)(F)c1ccc(C2=C[CH]CC2)c(OCc2ccccc2)c1. The van der Waals surface area contributed by atoms with Crippen LogP contribution in [0.25, 0.3) is 5.57 Å². The van der Waals surface area contributed by atoms with Crippen molar-refractivity contribution in [1.82, 2.24) is 0 Å². The second-order valence-electron chi connectivity index (χ2n) is 5.45. The van der Waals surface area contributed by atoms with Crippen molar-refractivity contribution in [2.75, 3.05) is 0 Å². The van der Waals surface area contributed by atoms with Gasteiger partial charge in [0.05, 0.1) is 5.56 Å². The van der Waals surface area contributed by atoms with Crippen molar-refractivity contribution in [1.29, 1.82) is 0 Å². The molecule has 4 heteroatoms. The molecule has 23 heavy (non-hydrogen) atoms. The molecule has 3 rings (SSSR count). The molecule has 1 nitrogen and oxygen atoms in total. The van der Waals surface area contributed by atoms with E-state index in [-0.39, 0.29) is 12.4 Å². The first-order valence-corrected chi connectivity index (χ1v) is 7.45. The second kappa shape index (κ2) is 6.49. The Morgan fingerprint density at radius 3 is 2.43 bits per heavy atom. The average molecular weight is 317 g/mol. The molecule has 119 valence electrons. The fourth-order valence-corrected chi connectivity index (χ4v) is 2.59. The molecular weight excluding hydrogens is 301 g/mol. The Kier molecular flexibility index (Phi) is 4.42. The van der Waals surface area contributed by atoms with Gasteiger partial charge in [0, 0.05) is 5.56 Å². The molecule has 0 bridgehead atoms. The lowest BCUT2D eigenvalue weighted by atomic mass is 10.0. The van der Waals surface area contributed by atoms with Gasteiger partial charge in [0.2, 0.25) is 0 Å². The third-order valence-electron chi connectivity index (χ3n) is 3.79. The standard InChI is InChI=1S/C19H16F3O/c20-19(21,22)16-10-11-17(15-8-4-5-9-15)18(12-16)23-13-14-6-2-1-3-7-14/h1-4,6-8,10-12H,5,9,13H2. The molecule has 2 aromatic carbocycles. The first-order chi connectivity index (χ1) is 11.0. The lowest BCUT2D eigenvalue weighted by Gasteiger charge is -2.15. The molecular formula is C19H16F3O. The Morgan fingerprint density at radius 2 is 1.78 bits per heavy atom. The van der Waals surface area contributed by atoms with Gasteiger partial charge in [0.1, 0.15) is 12.4 Å². The van der Waals surface area contributed by atoms with Crippen molar-refractivity contribution in [2.45, 2.75) is 25.6 Å². The van der Waals surface area contributed by atoms with Crippen molar-refractivity contribution in [3.8, 4) is 5.75 Å². The van der Waals surface area contributed by atoms with Crippen molar-refractivity contribution in [3.63, 3.8) is 0 Å². The van der Waals surface area contributed by atoms with Crippen LogP contribution in [0.3, 0.4) is 0 Å². The highest BCUT2D eigenvalue weighted by atomic mass is 19.4. The van der Waals surface area contributed by atoms with Gasteiger partial charge in [0.25, 0.3) is 0 Å². The van der Waals surface area contributed by atoms with Gasteiger partial charge in [-0.25, -0.2) is 0 Å². The zero-order chi connectivity index (χ0) is 16.3. The van der Waals surface area contributed by atoms with Crippen LogP contribution in [0.1, 0.15) is 29.5 Å². The zero-order valence-electron chi connectivity index (χ0n) is 12.4. The van der Waals surface area contributed by atoms with Gasteiger partial charge in [-0.2, -0.15) is 13.2 Å². The van der Waals surface area contributed by atoms with E-state index in [0.717, 1.165) is 41.7 Å². The fourth-order valence-electron chi connectivity index (χ4n) is 2.59. The molecule has 0 aliphatic heterocycles. The second-order valence-corrected chi connectivity index (χ2v) is 5.45. The summed E-state index contributed by atoms with van der Waals surface area (Å²) in [4.78, 5) is 0. The number of hydrogen-bond donors (Lipinski definition) is 0. The topological polar surface area (TPSA) is 9.23 Å². The molecule has 0 atom stereocenters. The summed E-state index contributed by atoms with van der Waals surface area (Å²) in [6.07, 6.45) is 1.34. The van der Waals surface area contributed by atoms with Crippen molar-refractivity contribution in [3.05, 3.63) is 77.7 Å². The molecule has 1 radical (unpaired) electrons. The van der Waals surface area contributed by atoms with E-state index in [1.807, 2.05) is 42.8 Å². The maximum absolute atomic E-state index is 13.0. The predicted molar refractivity (Wildman–Crippen MR) is 83.7 cm³/mol. The maximum Gasteiger partial charge on any atom is 0.416 e. The Labute approximate surface area is 133 Å². The van der Waals surface area contributed by atoms with Gasteiger partial charge < -0.3 is 4.74 Å². The number of halogens is 3. The molecule has 0 saturated heterocycles. The minimum Gasteiger partial charge on any atom is -0.488 e. The summed E-state index contributed by atoms with van der Waals surface area (Å²) in [6.45, 7) is 0.242. The van der Waals surface area contributed by atoms with Crippen LogP contribution >= 0.6 is 0 Å². The summed E-state index contributed by atoms with van der Waals surface area (Å²) in [5, 5.41) is 0. The normalized spacial score (nSPS) is 14.7. The molecule has 2 aromatic rings. The molecule has 0 saturated carbocycles. The number of allylic oxidation sites excluding steroid dienone is 2. The van der Waals surface area contributed by atoms with E-state index in [1.165, 1.54) is 6.07 Å². The number of alkyl halides is 3. The van der Waals surface area contributed by atoms with Crippen LogP contribution in [0.15, 0.2) is 54.6 Å². The van der Waals surface area contributed by atoms with E-state index in [4.69, 9.17) is 4.74 Å². The van der Waals surface area contributed by atoms with Gasteiger partial charge in [-0.3, -0.25) is 0 Å². The van der Waals surface area contributed by atoms with Crippen molar-refractivity contribution < 1.29 is 17.9 Å². The highest BCUT2D eigenvalue weighted by molar-refractivity contribution is 5.73. The van der Waals surface area contributed by atoms with E-state index in [9.17, 15) is 13.2 Å². The van der Waals surface area contributed by atoms with Gasteiger partial charge in [-0.05, 0) is 42.5 Å². The summed E-state index contributed by atoms with van der Waals surface area (Å²) in [5.41, 5.74) is 1.99. The molecule has 0 heterocycles. The van der Waals surface area contributed by atoms with Gasteiger partial charge in [0.15, 0.2) is 0 Å². The first-order valence-electron chi connectivity index (χ1n) is 7.45. The van der Waals surface area contributed by atoms with Crippen molar-refractivity contribution >= 4 is 5.57 Å².